The van der Waals surface area contributed by atoms with E-state index in [1.54, 1.807) is 0 Å². The molecule has 17 heavy (non-hydrogen) atoms. The lowest BCUT2D eigenvalue weighted by Crippen LogP contribution is -2.53. The van der Waals surface area contributed by atoms with Crippen LogP contribution in [0.3, 0.4) is 0 Å². The van der Waals surface area contributed by atoms with Gasteiger partial charge in [-0.05, 0) is 43.9 Å². The van der Waals surface area contributed by atoms with Crippen LogP contribution in [0.4, 0.5) is 0 Å². The highest BCUT2D eigenvalue weighted by molar-refractivity contribution is 9.10. The van der Waals surface area contributed by atoms with E-state index in [0.29, 0.717) is 18.0 Å². The van der Waals surface area contributed by atoms with Gasteiger partial charge in [-0.1, -0.05) is 22.0 Å². The summed E-state index contributed by atoms with van der Waals surface area (Å²) in [5.74, 6) is 0.481. The maximum absolute atomic E-state index is 12.1. The Morgan fingerprint density at radius 3 is 2.82 bits per heavy atom. The topological polar surface area (TPSA) is 55.1 Å². The van der Waals surface area contributed by atoms with E-state index >= 15 is 0 Å². The Hall–Kier alpha value is -0.870. The molecule has 1 aromatic carbocycles. The first-order valence-electron chi connectivity index (χ1n) is 5.83. The normalized spacial score (nSPS) is 18.5. The van der Waals surface area contributed by atoms with Crippen molar-refractivity contribution in [2.75, 3.05) is 6.54 Å². The van der Waals surface area contributed by atoms with Gasteiger partial charge in [0.1, 0.15) is 0 Å². The summed E-state index contributed by atoms with van der Waals surface area (Å²) < 4.78 is 0.908. The van der Waals surface area contributed by atoms with Crippen molar-refractivity contribution < 1.29 is 4.79 Å². The van der Waals surface area contributed by atoms with E-state index in [2.05, 4.69) is 21.2 Å². The molecule has 0 aromatic heterocycles. The third kappa shape index (κ3) is 2.87. The Kier molecular flexibility index (Phi) is 3.54. The number of carbonyl (C=O) groups excluding carboxylic acids is 1. The summed E-state index contributed by atoms with van der Waals surface area (Å²) >= 11 is 3.36. The number of hydrogen-bond acceptors (Lipinski definition) is 2. The molecule has 0 radical (unpaired) electrons. The zero-order chi connectivity index (χ0) is 12.5. The van der Waals surface area contributed by atoms with E-state index in [-0.39, 0.29) is 11.4 Å². The van der Waals surface area contributed by atoms with E-state index in [9.17, 15) is 4.79 Å². The van der Waals surface area contributed by atoms with E-state index in [1.165, 1.54) is 0 Å². The molecule has 92 valence electrons. The molecule has 1 saturated carbocycles. The predicted molar refractivity (Wildman–Crippen MR) is 71.8 cm³/mol. The van der Waals surface area contributed by atoms with Gasteiger partial charge in [-0.15, -0.1) is 0 Å². The molecule has 1 aromatic rings. The van der Waals surface area contributed by atoms with Crippen LogP contribution in [-0.4, -0.2) is 18.0 Å². The van der Waals surface area contributed by atoms with Crippen LogP contribution in [0.5, 0.6) is 0 Å². The number of halogens is 1. The average Bonchev–Trinajstić information content (AvgIpc) is 3.13. The molecule has 0 bridgehead atoms. The van der Waals surface area contributed by atoms with Crippen LogP contribution in [-0.2, 0) is 0 Å². The zero-order valence-corrected chi connectivity index (χ0v) is 11.5. The SMILES string of the molecule is CC(CN)(NC(=O)c1cccc(Br)c1)C1CC1. The van der Waals surface area contributed by atoms with Crippen LogP contribution < -0.4 is 11.1 Å². The molecule has 4 heteroatoms. The average molecular weight is 297 g/mol. The molecule has 1 atom stereocenters. The van der Waals surface area contributed by atoms with Crippen LogP contribution in [0.25, 0.3) is 0 Å². The summed E-state index contributed by atoms with van der Waals surface area (Å²) in [5.41, 5.74) is 6.18. The quantitative estimate of drug-likeness (QED) is 0.896. The van der Waals surface area contributed by atoms with Gasteiger partial charge in [0.15, 0.2) is 0 Å². The molecule has 1 fully saturated rings. The fourth-order valence-corrected chi connectivity index (χ4v) is 2.40. The minimum atomic E-state index is -0.264. The van der Waals surface area contributed by atoms with Crippen molar-refractivity contribution >= 4 is 21.8 Å². The summed E-state index contributed by atoms with van der Waals surface area (Å²) in [5, 5.41) is 3.06. The summed E-state index contributed by atoms with van der Waals surface area (Å²) in [4.78, 5) is 12.1. The molecule has 3 N–H and O–H groups in total. The molecular formula is C13H17BrN2O. The molecule has 1 unspecified atom stereocenters. The number of nitrogens with one attached hydrogen (secondary N) is 1. The van der Waals surface area contributed by atoms with Crippen molar-refractivity contribution in [1.29, 1.82) is 0 Å². The van der Waals surface area contributed by atoms with Crippen LogP contribution >= 0.6 is 15.9 Å². The highest BCUT2D eigenvalue weighted by Crippen LogP contribution is 2.39. The van der Waals surface area contributed by atoms with Crippen LogP contribution in [0.15, 0.2) is 28.7 Å². The lowest BCUT2D eigenvalue weighted by atomic mass is 9.95. The largest absolute Gasteiger partial charge is 0.345 e. The summed E-state index contributed by atoms with van der Waals surface area (Å²) in [7, 11) is 0. The smallest absolute Gasteiger partial charge is 0.251 e. The second kappa shape index (κ2) is 4.78. The predicted octanol–water partition coefficient (Wildman–Crippen LogP) is 2.31. The number of benzene rings is 1. The van der Waals surface area contributed by atoms with E-state index < -0.39 is 0 Å². The monoisotopic (exact) mass is 296 g/mol. The first-order chi connectivity index (χ1) is 8.05. The van der Waals surface area contributed by atoms with Crippen LogP contribution in [0.1, 0.15) is 30.1 Å². The van der Waals surface area contributed by atoms with Gasteiger partial charge in [0.05, 0.1) is 5.54 Å². The second-order valence-electron chi connectivity index (χ2n) is 4.86. The molecule has 1 aliphatic rings. The molecule has 1 aliphatic carbocycles. The number of nitrogens with two attached hydrogens (primary N) is 1. The molecule has 0 heterocycles. The van der Waals surface area contributed by atoms with Gasteiger partial charge < -0.3 is 11.1 Å². The highest BCUT2D eigenvalue weighted by Gasteiger charge is 2.41. The zero-order valence-electron chi connectivity index (χ0n) is 9.87. The van der Waals surface area contributed by atoms with Gasteiger partial charge in [-0.25, -0.2) is 0 Å². The standard InChI is InChI=1S/C13H17BrN2O/c1-13(8-15,10-5-6-10)16-12(17)9-3-2-4-11(14)7-9/h2-4,7,10H,5-6,8,15H2,1H3,(H,16,17). The highest BCUT2D eigenvalue weighted by atomic mass is 79.9. The fraction of sp³-hybridized carbons (Fsp3) is 0.462. The van der Waals surface area contributed by atoms with E-state index in [0.717, 1.165) is 17.3 Å². The first kappa shape index (κ1) is 12.6. The summed E-state index contributed by atoms with van der Waals surface area (Å²) in [6.07, 6.45) is 2.32. The Bertz CT molecular complexity index is 431. The molecule has 0 aliphatic heterocycles. The van der Waals surface area contributed by atoms with Crippen molar-refractivity contribution in [3.8, 4) is 0 Å². The maximum Gasteiger partial charge on any atom is 0.251 e. The minimum Gasteiger partial charge on any atom is -0.345 e. The lowest BCUT2D eigenvalue weighted by molar-refractivity contribution is 0.0898. The number of carbonyl (C=O) groups is 1. The third-order valence-electron chi connectivity index (χ3n) is 3.39. The number of amides is 1. The molecule has 3 nitrogen and oxygen atoms in total. The van der Waals surface area contributed by atoms with E-state index in [4.69, 9.17) is 5.73 Å². The van der Waals surface area contributed by atoms with E-state index in [1.807, 2.05) is 31.2 Å². The second-order valence-corrected chi connectivity index (χ2v) is 5.78. The van der Waals surface area contributed by atoms with Gasteiger partial charge in [-0.3, -0.25) is 4.79 Å². The number of rotatable bonds is 4. The molecule has 0 saturated heterocycles. The summed E-state index contributed by atoms with van der Waals surface area (Å²) in [6, 6.07) is 7.39. The molecule has 0 spiro atoms. The van der Waals surface area contributed by atoms with Crippen molar-refractivity contribution in [3.05, 3.63) is 34.3 Å². The minimum absolute atomic E-state index is 0.0499. The third-order valence-corrected chi connectivity index (χ3v) is 3.88. The summed E-state index contributed by atoms with van der Waals surface area (Å²) in [6.45, 7) is 2.51. The maximum atomic E-state index is 12.1. The van der Waals surface area contributed by atoms with Gasteiger partial charge in [0, 0.05) is 16.6 Å². The molecule has 2 rings (SSSR count). The molecular weight excluding hydrogens is 280 g/mol. The Morgan fingerprint density at radius 2 is 2.29 bits per heavy atom. The Labute approximate surface area is 110 Å². The molecule has 1 amide bonds. The van der Waals surface area contributed by atoms with Crippen molar-refractivity contribution in [1.82, 2.24) is 5.32 Å². The Balaban J connectivity index is 2.10. The first-order valence-corrected chi connectivity index (χ1v) is 6.62. The van der Waals surface area contributed by atoms with Crippen LogP contribution in [0.2, 0.25) is 0 Å². The fourth-order valence-electron chi connectivity index (χ4n) is 2.00. The van der Waals surface area contributed by atoms with Crippen molar-refractivity contribution in [2.24, 2.45) is 11.7 Å². The van der Waals surface area contributed by atoms with Gasteiger partial charge in [0.25, 0.3) is 5.91 Å². The van der Waals surface area contributed by atoms with Crippen molar-refractivity contribution in [3.63, 3.8) is 0 Å². The Morgan fingerprint density at radius 1 is 1.59 bits per heavy atom. The van der Waals surface area contributed by atoms with Gasteiger partial charge in [0.2, 0.25) is 0 Å². The number of hydrogen-bond donors (Lipinski definition) is 2. The van der Waals surface area contributed by atoms with Crippen molar-refractivity contribution in [2.45, 2.75) is 25.3 Å². The lowest BCUT2D eigenvalue weighted by Gasteiger charge is -2.29. The van der Waals surface area contributed by atoms with Crippen LogP contribution in [0, 0.1) is 5.92 Å². The van der Waals surface area contributed by atoms with Gasteiger partial charge in [-0.2, -0.15) is 0 Å². The van der Waals surface area contributed by atoms with Gasteiger partial charge >= 0.3 is 0 Å².